The van der Waals surface area contributed by atoms with Crippen molar-refractivity contribution < 1.29 is 23.9 Å². The van der Waals surface area contributed by atoms with Crippen molar-refractivity contribution in [2.45, 2.75) is 35.6 Å². The summed E-state index contributed by atoms with van der Waals surface area (Å²) in [6, 6.07) is 3.61. The lowest BCUT2D eigenvalue weighted by atomic mass is 10.2. The van der Waals surface area contributed by atoms with E-state index in [1.165, 1.54) is 35.4 Å². The van der Waals surface area contributed by atoms with Gasteiger partial charge in [0, 0.05) is 6.04 Å². The van der Waals surface area contributed by atoms with Crippen LogP contribution in [0.5, 0.6) is 0 Å². The maximum absolute atomic E-state index is 12.9. The van der Waals surface area contributed by atoms with Crippen molar-refractivity contribution in [2.75, 3.05) is 0 Å². The Labute approximate surface area is 143 Å². The maximum atomic E-state index is 12.9. The molecule has 2 aromatic heterocycles. The molecule has 5 nitrogen and oxygen atoms in total. The summed E-state index contributed by atoms with van der Waals surface area (Å²) in [6.45, 7) is 3.88. The molecule has 0 unspecified atom stereocenters. The fraction of sp³-hybridized carbons (Fsp3) is 0.286. The highest BCUT2D eigenvalue weighted by atomic mass is 32.2. The van der Waals surface area contributed by atoms with E-state index in [1.807, 2.05) is 18.4 Å². The normalized spacial score (nSPS) is 12.5. The van der Waals surface area contributed by atoms with E-state index < -0.39 is 11.7 Å². The van der Waals surface area contributed by atoms with Crippen LogP contribution in [0.15, 0.2) is 33.9 Å². The second-order valence-electron chi connectivity index (χ2n) is 5.32. The first kappa shape index (κ1) is 17.2. The third-order valence-corrected chi connectivity index (χ3v) is 5.29. The molecule has 0 radical (unpaired) electrons. The highest BCUT2D eigenvalue weighted by Crippen LogP contribution is 2.37. The standard InChI is InChI=1S/C14H13F3N4OS2/c1-7(2)21-10-4-3-8(14(15,16)17)5-9(10)19-12(21)24-13-18-6-11(20-22)23-13/h3-7,20,22H,1-2H3/p+1. The molecule has 24 heavy (non-hydrogen) atoms. The van der Waals surface area contributed by atoms with Gasteiger partial charge in [-0.2, -0.15) is 18.7 Å². The number of nitrogens with zero attached hydrogens (tertiary/aromatic N) is 3. The Bertz CT molecular complexity index is 873. The highest BCUT2D eigenvalue weighted by Gasteiger charge is 2.31. The number of aromatic nitrogens is 3. The van der Waals surface area contributed by atoms with E-state index in [0.717, 1.165) is 17.6 Å². The number of nitrogens with two attached hydrogens (primary N) is 1. The quantitative estimate of drug-likeness (QED) is 0.680. The van der Waals surface area contributed by atoms with Gasteiger partial charge in [0.05, 0.1) is 16.6 Å². The molecule has 3 N–H and O–H groups in total. The van der Waals surface area contributed by atoms with Crippen molar-refractivity contribution in [3.63, 3.8) is 0 Å². The zero-order valence-corrected chi connectivity index (χ0v) is 14.3. The van der Waals surface area contributed by atoms with Crippen molar-refractivity contribution in [1.82, 2.24) is 14.5 Å². The first-order valence-electron chi connectivity index (χ1n) is 7.00. The van der Waals surface area contributed by atoms with Crippen molar-refractivity contribution >= 4 is 39.1 Å². The summed E-state index contributed by atoms with van der Waals surface area (Å²) in [7, 11) is 0. The van der Waals surface area contributed by atoms with Gasteiger partial charge in [0.25, 0.3) is 0 Å². The summed E-state index contributed by atoms with van der Waals surface area (Å²) in [5.74, 6) is 0. The van der Waals surface area contributed by atoms with Gasteiger partial charge in [0.15, 0.2) is 9.50 Å². The molecule has 0 fully saturated rings. The topological polar surface area (TPSA) is 67.5 Å². The average molecular weight is 375 g/mol. The fourth-order valence-electron chi connectivity index (χ4n) is 2.28. The van der Waals surface area contributed by atoms with E-state index in [4.69, 9.17) is 5.21 Å². The molecule has 0 spiro atoms. The number of rotatable bonds is 4. The van der Waals surface area contributed by atoms with Gasteiger partial charge in [0.1, 0.15) is 6.20 Å². The van der Waals surface area contributed by atoms with Gasteiger partial charge in [-0.05, 0) is 55.1 Å². The van der Waals surface area contributed by atoms with E-state index in [2.05, 4.69) is 9.97 Å². The molecular weight excluding hydrogens is 361 g/mol. The maximum Gasteiger partial charge on any atom is 0.416 e. The van der Waals surface area contributed by atoms with Crippen molar-refractivity contribution in [2.24, 2.45) is 0 Å². The lowest BCUT2D eigenvalue weighted by Crippen LogP contribution is -2.73. The summed E-state index contributed by atoms with van der Waals surface area (Å²) in [6.07, 6.45) is -2.87. The fourth-order valence-corrected chi connectivity index (χ4v) is 4.24. The van der Waals surface area contributed by atoms with Crippen molar-refractivity contribution in [3.8, 4) is 0 Å². The molecule has 0 atom stereocenters. The predicted molar refractivity (Wildman–Crippen MR) is 84.7 cm³/mol. The van der Waals surface area contributed by atoms with Gasteiger partial charge < -0.3 is 4.57 Å². The molecule has 0 saturated heterocycles. The number of hydrogen-bond acceptors (Lipinski definition) is 5. The Morgan fingerprint density at radius 1 is 1.33 bits per heavy atom. The zero-order valence-electron chi connectivity index (χ0n) is 12.7. The first-order chi connectivity index (χ1) is 11.3. The molecule has 0 aliphatic rings. The molecule has 3 aromatic rings. The summed E-state index contributed by atoms with van der Waals surface area (Å²) >= 11 is 2.54. The number of fused-ring (bicyclic) bond motifs is 1. The second-order valence-corrected chi connectivity index (χ2v) is 7.60. The van der Waals surface area contributed by atoms with Gasteiger partial charge in [-0.1, -0.05) is 0 Å². The monoisotopic (exact) mass is 375 g/mol. The van der Waals surface area contributed by atoms with E-state index in [-0.39, 0.29) is 6.04 Å². The van der Waals surface area contributed by atoms with E-state index in [1.54, 1.807) is 0 Å². The van der Waals surface area contributed by atoms with Crippen LogP contribution >= 0.6 is 23.1 Å². The van der Waals surface area contributed by atoms with Crippen LogP contribution in [0.25, 0.3) is 11.0 Å². The minimum atomic E-state index is -4.40. The molecule has 2 heterocycles. The SMILES string of the molecule is CC(C)n1c(Sc2ncc([NH2+]O)s2)nc2cc(C(F)(F)F)ccc21. The predicted octanol–water partition coefficient (Wildman–Crippen LogP) is 3.83. The van der Waals surface area contributed by atoms with Crippen LogP contribution in [-0.2, 0) is 6.18 Å². The second kappa shape index (κ2) is 6.36. The molecule has 128 valence electrons. The molecule has 1 aromatic carbocycles. The molecule has 10 heteroatoms. The molecular formula is C14H14F3N4OS2+. The third kappa shape index (κ3) is 3.27. The molecule has 0 amide bonds. The highest BCUT2D eigenvalue weighted by molar-refractivity contribution is 8.01. The van der Waals surface area contributed by atoms with Crippen LogP contribution in [0.4, 0.5) is 18.2 Å². The van der Waals surface area contributed by atoms with Crippen LogP contribution in [0.2, 0.25) is 0 Å². The molecule has 0 saturated carbocycles. The molecule has 0 aliphatic carbocycles. The van der Waals surface area contributed by atoms with Crippen LogP contribution in [0, 0.1) is 0 Å². The van der Waals surface area contributed by atoms with Gasteiger partial charge in [-0.15, -0.1) is 0 Å². The smallest absolute Gasteiger partial charge is 0.316 e. The van der Waals surface area contributed by atoms with Crippen molar-refractivity contribution in [1.29, 1.82) is 0 Å². The minimum absolute atomic E-state index is 0.0260. The molecule has 0 aliphatic heterocycles. The van der Waals surface area contributed by atoms with E-state index in [0.29, 0.717) is 25.5 Å². The number of quaternary nitrogens is 1. The Kier molecular flexibility index (Phi) is 4.56. The summed E-state index contributed by atoms with van der Waals surface area (Å²) in [5, 5.41) is 10.2. The van der Waals surface area contributed by atoms with Gasteiger partial charge in [0.2, 0.25) is 5.00 Å². The van der Waals surface area contributed by atoms with Crippen LogP contribution < -0.4 is 5.48 Å². The zero-order chi connectivity index (χ0) is 17.5. The van der Waals surface area contributed by atoms with Gasteiger partial charge in [-0.3, -0.25) is 0 Å². The average Bonchev–Trinajstić information content (AvgIpc) is 3.09. The van der Waals surface area contributed by atoms with Crippen LogP contribution in [0.3, 0.4) is 0 Å². The van der Waals surface area contributed by atoms with E-state index in [9.17, 15) is 13.2 Å². The summed E-state index contributed by atoms with van der Waals surface area (Å²) in [4.78, 5) is 8.52. The summed E-state index contributed by atoms with van der Waals surface area (Å²) < 4.78 is 41.2. The number of alkyl halides is 3. The Morgan fingerprint density at radius 2 is 2.08 bits per heavy atom. The lowest BCUT2D eigenvalue weighted by Gasteiger charge is -2.12. The molecule has 0 bridgehead atoms. The Hall–Kier alpha value is -1.62. The number of benzene rings is 1. The van der Waals surface area contributed by atoms with Crippen molar-refractivity contribution in [3.05, 3.63) is 30.0 Å². The van der Waals surface area contributed by atoms with E-state index >= 15 is 0 Å². The Balaban J connectivity index is 2.07. The van der Waals surface area contributed by atoms with Gasteiger partial charge in [-0.25, -0.2) is 15.2 Å². The molecule has 3 rings (SSSR count). The lowest BCUT2D eigenvalue weighted by molar-refractivity contribution is -0.823. The first-order valence-corrected chi connectivity index (χ1v) is 8.63. The largest absolute Gasteiger partial charge is 0.416 e. The third-order valence-electron chi connectivity index (χ3n) is 3.31. The number of hydrogen-bond donors (Lipinski definition) is 2. The summed E-state index contributed by atoms with van der Waals surface area (Å²) in [5.41, 5.74) is 1.19. The Morgan fingerprint density at radius 3 is 2.67 bits per heavy atom. The number of thiazole rings is 1. The van der Waals surface area contributed by atoms with Crippen LogP contribution in [-0.4, -0.2) is 19.7 Å². The van der Waals surface area contributed by atoms with Crippen LogP contribution in [0.1, 0.15) is 25.5 Å². The van der Waals surface area contributed by atoms with Gasteiger partial charge >= 0.3 is 6.18 Å². The number of halogens is 3. The number of imidazole rings is 1. The minimum Gasteiger partial charge on any atom is -0.316 e.